The number of thiophene rings is 1. The molecule has 0 saturated carbocycles. The van der Waals surface area contributed by atoms with Crippen molar-refractivity contribution in [2.24, 2.45) is 0 Å². The predicted octanol–water partition coefficient (Wildman–Crippen LogP) is 3.48. The van der Waals surface area contributed by atoms with Crippen LogP contribution in [0.5, 0.6) is 10.8 Å². The molecule has 144 valence electrons. The van der Waals surface area contributed by atoms with Gasteiger partial charge in [0, 0.05) is 12.6 Å². The molecule has 3 rings (SSSR count). The maximum absolute atomic E-state index is 13.0. The first-order chi connectivity index (χ1) is 13.0. The van der Waals surface area contributed by atoms with Crippen LogP contribution in [-0.2, 0) is 0 Å². The van der Waals surface area contributed by atoms with E-state index in [1.807, 2.05) is 51.4 Å². The maximum atomic E-state index is 13.0. The zero-order valence-corrected chi connectivity index (χ0v) is 17.0. The lowest BCUT2D eigenvalue weighted by Gasteiger charge is -2.12. The van der Waals surface area contributed by atoms with Gasteiger partial charge in [-0.2, -0.15) is 0 Å². The smallest absolute Gasteiger partial charge is 0.276 e. The highest BCUT2D eigenvalue weighted by atomic mass is 32.1. The number of hydrogen-bond donors (Lipinski definition) is 0. The van der Waals surface area contributed by atoms with Crippen molar-refractivity contribution in [2.45, 2.75) is 20.3 Å². The first-order valence-corrected chi connectivity index (χ1v) is 9.85. The van der Waals surface area contributed by atoms with E-state index in [0.717, 1.165) is 29.5 Å². The third-order valence-electron chi connectivity index (χ3n) is 4.04. The first-order valence-electron chi connectivity index (χ1n) is 9.03. The summed E-state index contributed by atoms with van der Waals surface area (Å²) >= 11 is 1.35. The van der Waals surface area contributed by atoms with Gasteiger partial charge in [-0.05, 0) is 51.7 Å². The standard InChI is InChI=1S/C20H25N3O3S/c1-5-11-26-18-13-17-19(27-18)20(24)23(14(2)21-17)15-6-8-16(9-7-15)25-12-10-22(3)4/h6-9,13H,5,10-12H2,1-4H3. The van der Waals surface area contributed by atoms with E-state index in [-0.39, 0.29) is 5.56 Å². The quantitative estimate of drug-likeness (QED) is 0.592. The van der Waals surface area contributed by atoms with Crippen molar-refractivity contribution in [3.63, 3.8) is 0 Å². The van der Waals surface area contributed by atoms with Crippen LogP contribution >= 0.6 is 11.3 Å². The number of likely N-dealkylation sites (N-methyl/N-ethyl adjacent to an activating group) is 1. The molecule has 0 aliphatic rings. The van der Waals surface area contributed by atoms with Gasteiger partial charge in [0.05, 0.1) is 17.8 Å². The van der Waals surface area contributed by atoms with Crippen LogP contribution < -0.4 is 15.0 Å². The average molecular weight is 388 g/mol. The molecule has 0 bridgehead atoms. The van der Waals surface area contributed by atoms with Crippen LogP contribution in [0.25, 0.3) is 15.9 Å². The van der Waals surface area contributed by atoms with E-state index in [1.54, 1.807) is 4.57 Å². The summed E-state index contributed by atoms with van der Waals surface area (Å²) < 4.78 is 13.6. The summed E-state index contributed by atoms with van der Waals surface area (Å²) in [7, 11) is 4.02. The Morgan fingerprint density at radius 2 is 1.89 bits per heavy atom. The van der Waals surface area contributed by atoms with Crippen molar-refractivity contribution in [3.8, 4) is 16.5 Å². The molecule has 1 aromatic carbocycles. The summed E-state index contributed by atoms with van der Waals surface area (Å²) in [5.41, 5.74) is 1.39. The molecule has 7 heteroatoms. The number of aromatic nitrogens is 2. The number of benzene rings is 1. The Morgan fingerprint density at radius 3 is 2.56 bits per heavy atom. The lowest BCUT2D eigenvalue weighted by atomic mass is 10.3. The van der Waals surface area contributed by atoms with E-state index in [1.165, 1.54) is 11.3 Å². The van der Waals surface area contributed by atoms with Crippen LogP contribution in [0.15, 0.2) is 35.1 Å². The summed E-state index contributed by atoms with van der Waals surface area (Å²) in [5, 5.41) is 0.734. The fraction of sp³-hybridized carbons (Fsp3) is 0.400. The summed E-state index contributed by atoms with van der Waals surface area (Å²) in [6, 6.07) is 9.37. The number of rotatable bonds is 8. The van der Waals surface area contributed by atoms with E-state index in [9.17, 15) is 4.79 Å². The van der Waals surface area contributed by atoms with Gasteiger partial charge in [0.25, 0.3) is 5.56 Å². The van der Waals surface area contributed by atoms with Crippen LogP contribution in [0.3, 0.4) is 0 Å². The van der Waals surface area contributed by atoms with E-state index in [4.69, 9.17) is 9.47 Å². The minimum absolute atomic E-state index is 0.0740. The SMILES string of the molecule is CCCOc1cc2nc(C)n(-c3ccc(OCCN(C)C)cc3)c(=O)c2s1. The molecule has 2 aromatic heterocycles. The molecular weight excluding hydrogens is 362 g/mol. The van der Waals surface area contributed by atoms with Crippen LogP contribution in [-0.4, -0.2) is 48.3 Å². The van der Waals surface area contributed by atoms with Crippen molar-refractivity contribution < 1.29 is 9.47 Å². The molecule has 0 unspecified atom stereocenters. The molecule has 0 amide bonds. The molecule has 0 radical (unpaired) electrons. The Bertz CT molecular complexity index is 961. The monoisotopic (exact) mass is 387 g/mol. The van der Waals surface area contributed by atoms with Crippen molar-refractivity contribution in [2.75, 3.05) is 33.9 Å². The molecule has 2 heterocycles. The van der Waals surface area contributed by atoms with Gasteiger partial charge >= 0.3 is 0 Å². The molecule has 0 atom stereocenters. The van der Waals surface area contributed by atoms with Gasteiger partial charge in [-0.1, -0.05) is 18.3 Å². The first kappa shape index (κ1) is 19.4. The number of nitrogens with zero attached hydrogens (tertiary/aromatic N) is 3. The second-order valence-electron chi connectivity index (χ2n) is 6.57. The second-order valence-corrected chi connectivity index (χ2v) is 7.59. The number of fused-ring (bicyclic) bond motifs is 1. The molecular formula is C20H25N3O3S. The number of ether oxygens (including phenoxy) is 2. The van der Waals surface area contributed by atoms with Gasteiger partial charge in [-0.25, -0.2) is 4.98 Å². The third-order valence-corrected chi connectivity index (χ3v) is 5.07. The minimum Gasteiger partial charge on any atom is -0.492 e. The number of hydrogen-bond acceptors (Lipinski definition) is 6. The Balaban J connectivity index is 1.88. The normalized spacial score (nSPS) is 11.3. The lowest BCUT2D eigenvalue weighted by molar-refractivity contribution is 0.261. The van der Waals surface area contributed by atoms with E-state index >= 15 is 0 Å². The average Bonchev–Trinajstić information content (AvgIpc) is 3.04. The third kappa shape index (κ3) is 4.48. The van der Waals surface area contributed by atoms with Crippen LogP contribution in [0, 0.1) is 6.92 Å². The van der Waals surface area contributed by atoms with Gasteiger partial charge in [0.1, 0.15) is 22.9 Å². The Morgan fingerprint density at radius 1 is 1.15 bits per heavy atom. The zero-order chi connectivity index (χ0) is 19.4. The van der Waals surface area contributed by atoms with Crippen LogP contribution in [0.2, 0.25) is 0 Å². The fourth-order valence-electron chi connectivity index (χ4n) is 2.68. The molecule has 3 aromatic rings. The van der Waals surface area contributed by atoms with Crippen molar-refractivity contribution in [1.29, 1.82) is 0 Å². The van der Waals surface area contributed by atoms with Crippen molar-refractivity contribution in [3.05, 3.63) is 46.5 Å². The van der Waals surface area contributed by atoms with E-state index in [0.29, 0.717) is 29.3 Å². The maximum Gasteiger partial charge on any atom is 0.276 e. The highest BCUT2D eigenvalue weighted by Gasteiger charge is 2.14. The predicted molar refractivity (Wildman–Crippen MR) is 110 cm³/mol. The van der Waals surface area contributed by atoms with Gasteiger partial charge < -0.3 is 14.4 Å². The Hall–Kier alpha value is -2.38. The van der Waals surface area contributed by atoms with Crippen molar-refractivity contribution in [1.82, 2.24) is 14.5 Å². The fourth-order valence-corrected chi connectivity index (χ4v) is 3.59. The summed E-state index contributed by atoms with van der Waals surface area (Å²) in [4.78, 5) is 19.7. The van der Waals surface area contributed by atoms with Crippen LogP contribution in [0.1, 0.15) is 19.2 Å². The van der Waals surface area contributed by atoms with Gasteiger partial charge in [0.2, 0.25) is 0 Å². The number of aryl methyl sites for hydroxylation is 1. The van der Waals surface area contributed by atoms with Crippen molar-refractivity contribution >= 4 is 21.6 Å². The van der Waals surface area contributed by atoms with Crippen LogP contribution in [0.4, 0.5) is 0 Å². The molecule has 0 aliphatic carbocycles. The van der Waals surface area contributed by atoms with Gasteiger partial charge in [0.15, 0.2) is 5.06 Å². The molecule has 27 heavy (non-hydrogen) atoms. The highest BCUT2D eigenvalue weighted by Crippen LogP contribution is 2.29. The summed E-state index contributed by atoms with van der Waals surface area (Å²) in [6.45, 7) is 5.99. The topological polar surface area (TPSA) is 56.6 Å². The molecule has 0 spiro atoms. The zero-order valence-electron chi connectivity index (χ0n) is 16.2. The summed E-state index contributed by atoms with van der Waals surface area (Å²) in [5.74, 6) is 1.43. The Kier molecular flexibility index (Phi) is 6.13. The minimum atomic E-state index is -0.0740. The van der Waals surface area contributed by atoms with Gasteiger partial charge in [-0.15, -0.1) is 0 Å². The molecule has 0 N–H and O–H groups in total. The van der Waals surface area contributed by atoms with Gasteiger partial charge in [-0.3, -0.25) is 9.36 Å². The molecule has 0 saturated heterocycles. The second kappa shape index (κ2) is 8.54. The molecule has 6 nitrogen and oxygen atoms in total. The lowest BCUT2D eigenvalue weighted by Crippen LogP contribution is -2.21. The summed E-state index contributed by atoms with van der Waals surface area (Å²) in [6.07, 6.45) is 0.925. The largest absolute Gasteiger partial charge is 0.492 e. The van der Waals surface area contributed by atoms with E-state index < -0.39 is 0 Å². The van der Waals surface area contributed by atoms with E-state index in [2.05, 4.69) is 16.8 Å². The Labute approximate surface area is 163 Å². The molecule has 0 fully saturated rings. The molecule has 0 aliphatic heterocycles. The highest BCUT2D eigenvalue weighted by molar-refractivity contribution is 7.20.